The van der Waals surface area contributed by atoms with E-state index in [0.717, 1.165) is 26.5 Å². The molecule has 0 aliphatic carbocycles. The number of alkyl halides is 3. The molecule has 28 heavy (non-hydrogen) atoms. The van der Waals surface area contributed by atoms with Gasteiger partial charge in [0.15, 0.2) is 0 Å². The third kappa shape index (κ3) is 5.19. The van der Waals surface area contributed by atoms with Crippen molar-refractivity contribution < 1.29 is 17.9 Å². The van der Waals surface area contributed by atoms with Crippen LogP contribution in [-0.4, -0.2) is 31.2 Å². The van der Waals surface area contributed by atoms with Gasteiger partial charge >= 0.3 is 6.18 Å². The molecule has 10 heteroatoms. The molecule has 0 aliphatic rings. The molecule has 2 aromatic heterocycles. The van der Waals surface area contributed by atoms with Gasteiger partial charge in [0.2, 0.25) is 4.80 Å². The van der Waals surface area contributed by atoms with Gasteiger partial charge in [-0.25, -0.2) is 4.68 Å². The second-order valence-electron chi connectivity index (χ2n) is 5.56. The van der Waals surface area contributed by atoms with E-state index in [1.54, 1.807) is 17.9 Å². The maximum Gasteiger partial charge on any atom is 0.416 e. The first-order valence-electron chi connectivity index (χ1n) is 8.06. The molecule has 2 heterocycles. The largest absolute Gasteiger partial charge is 0.416 e. The third-order valence-electron chi connectivity index (χ3n) is 3.59. The number of halogens is 4. The van der Waals surface area contributed by atoms with E-state index in [1.165, 1.54) is 35.0 Å². The Hall–Kier alpha value is -1.75. The van der Waals surface area contributed by atoms with Crippen molar-refractivity contribution in [3.8, 4) is 10.6 Å². The Bertz CT molecular complexity index is 1040. The second-order valence-corrected chi connectivity index (χ2v) is 8.86. The zero-order valence-electron chi connectivity index (χ0n) is 14.6. The summed E-state index contributed by atoms with van der Waals surface area (Å²) in [6.07, 6.45) is -2.99. The van der Waals surface area contributed by atoms with Crippen molar-refractivity contribution in [3.05, 3.63) is 61.5 Å². The minimum atomic E-state index is -4.39. The van der Waals surface area contributed by atoms with Crippen molar-refractivity contribution in [3.63, 3.8) is 0 Å². The monoisotopic (exact) mass is 489 g/mol. The number of nitrogens with zero attached hydrogens (tertiary/aromatic N) is 3. The number of hydrogen-bond donors (Lipinski definition) is 0. The quantitative estimate of drug-likeness (QED) is 0.333. The summed E-state index contributed by atoms with van der Waals surface area (Å²) in [7, 11) is 1.60. The topological polar surface area (TPSA) is 38.9 Å². The molecule has 0 bridgehead atoms. The molecule has 4 nitrogen and oxygen atoms in total. The number of thiazole rings is 1. The average Bonchev–Trinajstić information content (AvgIpc) is 3.26. The highest BCUT2D eigenvalue weighted by Gasteiger charge is 2.30. The summed E-state index contributed by atoms with van der Waals surface area (Å²) in [6, 6.07) is 8.93. The van der Waals surface area contributed by atoms with Crippen LogP contribution < -0.4 is 4.80 Å². The van der Waals surface area contributed by atoms with Gasteiger partial charge in [-0.15, -0.1) is 22.7 Å². The van der Waals surface area contributed by atoms with Crippen molar-refractivity contribution >= 4 is 44.8 Å². The van der Waals surface area contributed by atoms with E-state index < -0.39 is 11.7 Å². The van der Waals surface area contributed by atoms with Crippen molar-refractivity contribution in [2.45, 2.75) is 6.18 Å². The number of hydrogen-bond acceptors (Lipinski definition) is 5. The average molecular weight is 490 g/mol. The smallest absolute Gasteiger partial charge is 0.383 e. The van der Waals surface area contributed by atoms with Crippen LogP contribution in [0.25, 0.3) is 10.6 Å². The Morgan fingerprint density at radius 2 is 2.07 bits per heavy atom. The molecule has 0 fully saturated rings. The fourth-order valence-corrected chi connectivity index (χ4v) is 4.61. The van der Waals surface area contributed by atoms with Crippen molar-refractivity contribution in [1.29, 1.82) is 0 Å². The van der Waals surface area contributed by atoms with Crippen LogP contribution >= 0.6 is 38.6 Å². The molecule has 0 atom stereocenters. The molecule has 0 unspecified atom stereocenters. The van der Waals surface area contributed by atoms with E-state index in [1.807, 2.05) is 17.5 Å². The molecular weight excluding hydrogens is 475 g/mol. The van der Waals surface area contributed by atoms with Crippen LogP contribution in [0, 0.1) is 0 Å². The normalized spacial score (nSPS) is 13.0. The lowest BCUT2D eigenvalue weighted by Gasteiger charge is -2.06. The van der Waals surface area contributed by atoms with Gasteiger partial charge in [-0.1, -0.05) is 12.1 Å². The molecule has 0 N–H and O–H groups in total. The molecule has 3 rings (SSSR count). The highest BCUT2D eigenvalue weighted by Crippen LogP contribution is 2.32. The van der Waals surface area contributed by atoms with Gasteiger partial charge in [0.25, 0.3) is 0 Å². The first kappa shape index (κ1) is 21.0. The summed E-state index contributed by atoms with van der Waals surface area (Å²) < 4.78 is 46.4. The lowest BCUT2D eigenvalue weighted by atomic mass is 10.1. The molecule has 0 saturated carbocycles. The van der Waals surface area contributed by atoms with Crippen LogP contribution in [-0.2, 0) is 10.9 Å². The molecule has 1 aromatic carbocycles. The van der Waals surface area contributed by atoms with Gasteiger partial charge < -0.3 is 4.74 Å². The van der Waals surface area contributed by atoms with Gasteiger partial charge in [-0.05, 0) is 45.8 Å². The van der Waals surface area contributed by atoms with Gasteiger partial charge in [0.05, 0.1) is 39.3 Å². The van der Waals surface area contributed by atoms with Gasteiger partial charge in [-0.2, -0.15) is 18.3 Å². The Kier molecular flexibility index (Phi) is 6.86. The van der Waals surface area contributed by atoms with Crippen LogP contribution in [0.1, 0.15) is 11.1 Å². The summed E-state index contributed by atoms with van der Waals surface area (Å²) in [5.41, 5.74) is 0.467. The van der Waals surface area contributed by atoms with Crippen LogP contribution in [0.5, 0.6) is 0 Å². The lowest BCUT2D eigenvalue weighted by molar-refractivity contribution is -0.137. The Balaban J connectivity index is 2.00. The van der Waals surface area contributed by atoms with E-state index in [9.17, 15) is 13.2 Å². The second kappa shape index (κ2) is 9.17. The standard InChI is InChI=1S/C18H15BrF3N3OS2/c1-26-8-7-23-17-25(14(11-27-17)15-5-6-16(19)28-15)24-10-12-3-2-4-13(9-12)18(20,21)22/h2-6,9-11H,7-8H2,1H3/b23-17?,24-10+. The molecule has 3 aromatic rings. The summed E-state index contributed by atoms with van der Waals surface area (Å²) >= 11 is 6.39. The third-order valence-corrected chi connectivity index (χ3v) is 6.09. The molecule has 148 valence electrons. The summed E-state index contributed by atoms with van der Waals surface area (Å²) in [6.45, 7) is 0.929. The van der Waals surface area contributed by atoms with Gasteiger partial charge in [-0.3, -0.25) is 4.99 Å². The first-order chi connectivity index (χ1) is 13.4. The van der Waals surface area contributed by atoms with Crippen LogP contribution in [0.3, 0.4) is 0 Å². The Labute approximate surface area is 175 Å². The number of ether oxygens (including phenoxy) is 1. The fourth-order valence-electron chi connectivity index (χ4n) is 2.29. The molecule has 0 spiro atoms. The predicted octanol–water partition coefficient (Wildman–Crippen LogP) is 5.49. The minimum absolute atomic E-state index is 0.356. The molecule has 0 saturated heterocycles. The maximum absolute atomic E-state index is 12.9. The minimum Gasteiger partial charge on any atom is -0.383 e. The van der Waals surface area contributed by atoms with Crippen molar-refractivity contribution in [2.75, 3.05) is 20.3 Å². The zero-order valence-corrected chi connectivity index (χ0v) is 17.8. The van der Waals surface area contributed by atoms with Gasteiger partial charge in [0, 0.05) is 12.5 Å². The zero-order chi connectivity index (χ0) is 20.1. The molecule has 0 amide bonds. The Morgan fingerprint density at radius 3 is 2.75 bits per heavy atom. The fraction of sp³-hybridized carbons (Fsp3) is 0.222. The first-order valence-corrected chi connectivity index (χ1v) is 10.5. The van der Waals surface area contributed by atoms with E-state index in [0.29, 0.717) is 23.5 Å². The van der Waals surface area contributed by atoms with Crippen LogP contribution in [0.2, 0.25) is 0 Å². The van der Waals surface area contributed by atoms with Crippen molar-refractivity contribution in [1.82, 2.24) is 4.68 Å². The van der Waals surface area contributed by atoms with E-state index in [-0.39, 0.29) is 0 Å². The van der Waals surface area contributed by atoms with E-state index in [4.69, 9.17) is 4.74 Å². The number of thiophene rings is 1. The predicted molar refractivity (Wildman–Crippen MR) is 110 cm³/mol. The molecular formula is C18H15BrF3N3OS2. The summed E-state index contributed by atoms with van der Waals surface area (Å²) in [5, 5.41) is 6.34. The molecule has 0 radical (unpaired) electrons. The number of rotatable bonds is 6. The Morgan fingerprint density at radius 1 is 1.25 bits per heavy atom. The number of methoxy groups -OCH3 is 1. The highest BCUT2D eigenvalue weighted by atomic mass is 79.9. The van der Waals surface area contributed by atoms with Crippen LogP contribution in [0.4, 0.5) is 13.2 Å². The molecule has 0 aliphatic heterocycles. The number of aromatic nitrogens is 1. The summed E-state index contributed by atoms with van der Waals surface area (Å²) in [5.74, 6) is 0. The van der Waals surface area contributed by atoms with Gasteiger partial charge in [0.1, 0.15) is 0 Å². The van der Waals surface area contributed by atoms with Crippen molar-refractivity contribution in [2.24, 2.45) is 10.1 Å². The maximum atomic E-state index is 12.9. The van der Waals surface area contributed by atoms with E-state index >= 15 is 0 Å². The highest BCUT2D eigenvalue weighted by molar-refractivity contribution is 9.11. The van der Waals surface area contributed by atoms with Crippen LogP contribution in [0.15, 0.2) is 55.7 Å². The number of benzene rings is 1. The SMILES string of the molecule is COCCN=c1scc(-c2ccc(Br)s2)n1/N=C/c1cccc(C(F)(F)F)c1. The van der Waals surface area contributed by atoms with E-state index in [2.05, 4.69) is 26.0 Å². The summed E-state index contributed by atoms with van der Waals surface area (Å²) in [4.78, 5) is 6.08. The lowest BCUT2D eigenvalue weighted by Crippen LogP contribution is -2.13.